The second kappa shape index (κ2) is 13.7. The first kappa shape index (κ1) is 36.1. The van der Waals surface area contributed by atoms with E-state index in [1.165, 1.54) is 103 Å². The van der Waals surface area contributed by atoms with Gasteiger partial charge in [-0.1, -0.05) is 165 Å². The maximum Gasteiger partial charge on any atom is 0.140 e. The molecule has 0 amide bonds. The summed E-state index contributed by atoms with van der Waals surface area (Å²) in [4.78, 5) is 10.2. The van der Waals surface area contributed by atoms with E-state index < -0.39 is 0 Å². The molecule has 0 bridgehead atoms. The van der Waals surface area contributed by atoms with Gasteiger partial charge in [-0.05, 0) is 120 Å². The lowest BCUT2D eigenvalue weighted by Crippen LogP contribution is -2.20. The molecule has 63 heavy (non-hydrogen) atoms. The van der Waals surface area contributed by atoms with Crippen LogP contribution in [-0.4, -0.2) is 19.1 Å². The van der Waals surface area contributed by atoms with Crippen molar-refractivity contribution in [2.75, 3.05) is 0 Å². The third-order valence-corrected chi connectivity index (χ3v) is 14.5. The molecule has 1 fully saturated rings. The standard InChI is InChI=1S/C59H44N4/c1-62-53-34-39(28-30-51(53)60-57(62)37-16-5-3-6-17-37)41-21-13-23-43-47(41)36-48-42(40-29-31-52-54(35-40)63(2)58(61-52)38-18-7-4-8-19-38)22-14-24-44(48)55(43)46-25-15-27-50-56(46)45-20-9-10-26-49(45)59(50)32-11-12-33-59/h3-10,13-31,34-36H,11-12,32-33H2,1-2H3. The minimum absolute atomic E-state index is 0.0763. The number of hydrogen-bond acceptors (Lipinski definition) is 2. The van der Waals surface area contributed by atoms with E-state index in [0.717, 1.165) is 44.8 Å². The zero-order chi connectivity index (χ0) is 41.8. The largest absolute Gasteiger partial charge is 0.327 e. The van der Waals surface area contributed by atoms with Gasteiger partial charge in [0.25, 0.3) is 0 Å². The summed E-state index contributed by atoms with van der Waals surface area (Å²) >= 11 is 0. The van der Waals surface area contributed by atoms with Gasteiger partial charge in [0.2, 0.25) is 0 Å². The molecule has 1 spiro atoms. The Kier molecular flexibility index (Phi) is 7.87. The van der Waals surface area contributed by atoms with Crippen LogP contribution < -0.4 is 0 Å². The van der Waals surface area contributed by atoms with E-state index in [2.05, 4.69) is 205 Å². The van der Waals surface area contributed by atoms with Crippen molar-refractivity contribution >= 4 is 43.6 Å². The molecule has 0 aliphatic heterocycles. The van der Waals surface area contributed by atoms with Crippen molar-refractivity contribution in [2.45, 2.75) is 31.1 Å². The molecule has 0 unspecified atom stereocenters. The first-order valence-corrected chi connectivity index (χ1v) is 22.3. The average Bonchev–Trinajstić information content (AvgIpc) is 4.12. The van der Waals surface area contributed by atoms with Gasteiger partial charge in [0.05, 0.1) is 22.1 Å². The fraction of sp³-hybridized carbons (Fsp3) is 0.119. The highest BCUT2D eigenvalue weighted by Crippen LogP contribution is 2.59. The Hall–Kier alpha value is -7.56. The van der Waals surface area contributed by atoms with E-state index in [0.29, 0.717) is 0 Å². The SMILES string of the molecule is Cn1c(-c2ccccc2)nc2ccc(-c3cccc4c(-c5cccc6c5-c5ccccc5C65CCCC5)c5cccc(-c6ccc7nc(-c8ccccc8)n(C)c7c6)c5cc34)cc21. The third-order valence-electron chi connectivity index (χ3n) is 14.5. The Morgan fingerprint density at radius 2 is 0.857 bits per heavy atom. The molecule has 0 saturated heterocycles. The molecule has 2 heterocycles. The Morgan fingerprint density at radius 1 is 0.381 bits per heavy atom. The molecule has 2 aliphatic rings. The number of benzene rings is 9. The van der Waals surface area contributed by atoms with Gasteiger partial charge < -0.3 is 9.13 Å². The number of nitrogens with zero attached hydrogens (tertiary/aromatic N) is 4. The first-order chi connectivity index (χ1) is 31.1. The summed E-state index contributed by atoms with van der Waals surface area (Å²) in [5, 5.41) is 5.01. The van der Waals surface area contributed by atoms with Crippen LogP contribution in [0.4, 0.5) is 0 Å². The van der Waals surface area contributed by atoms with E-state index in [1.807, 2.05) is 0 Å². The van der Waals surface area contributed by atoms with Crippen LogP contribution >= 0.6 is 0 Å². The van der Waals surface area contributed by atoms with E-state index in [9.17, 15) is 0 Å². The summed E-state index contributed by atoms with van der Waals surface area (Å²) in [7, 11) is 4.27. The van der Waals surface area contributed by atoms with Gasteiger partial charge in [0.15, 0.2) is 0 Å². The summed E-state index contributed by atoms with van der Waals surface area (Å²) in [5.41, 5.74) is 19.7. The van der Waals surface area contributed by atoms with E-state index in [4.69, 9.17) is 9.97 Å². The molecular weight excluding hydrogens is 765 g/mol. The Morgan fingerprint density at radius 3 is 1.43 bits per heavy atom. The number of aromatic nitrogens is 4. The van der Waals surface area contributed by atoms with E-state index in [-0.39, 0.29) is 5.41 Å². The van der Waals surface area contributed by atoms with Crippen LogP contribution in [0.2, 0.25) is 0 Å². The van der Waals surface area contributed by atoms with Crippen LogP contribution in [0.15, 0.2) is 182 Å². The van der Waals surface area contributed by atoms with Gasteiger partial charge >= 0.3 is 0 Å². The van der Waals surface area contributed by atoms with Gasteiger partial charge in [-0.15, -0.1) is 0 Å². The monoisotopic (exact) mass is 808 g/mol. The normalized spacial score (nSPS) is 14.1. The fourth-order valence-electron chi connectivity index (χ4n) is 11.6. The quantitative estimate of drug-likeness (QED) is 0.162. The third kappa shape index (κ3) is 5.28. The van der Waals surface area contributed by atoms with Crippen molar-refractivity contribution < 1.29 is 0 Å². The van der Waals surface area contributed by atoms with Crippen molar-refractivity contribution in [1.82, 2.24) is 19.1 Å². The van der Waals surface area contributed by atoms with E-state index in [1.54, 1.807) is 0 Å². The molecule has 0 radical (unpaired) electrons. The fourth-order valence-corrected chi connectivity index (χ4v) is 11.6. The Bertz CT molecular complexity index is 3460. The smallest absolute Gasteiger partial charge is 0.140 e. The molecule has 4 heteroatoms. The molecule has 300 valence electrons. The lowest BCUT2D eigenvalue weighted by Gasteiger charge is -2.27. The maximum atomic E-state index is 5.10. The molecule has 13 rings (SSSR count). The molecular formula is C59H44N4. The highest BCUT2D eigenvalue weighted by Gasteiger charge is 2.45. The second-order valence-corrected chi connectivity index (χ2v) is 17.7. The minimum Gasteiger partial charge on any atom is -0.327 e. The number of imidazole rings is 2. The predicted molar refractivity (Wildman–Crippen MR) is 262 cm³/mol. The van der Waals surface area contributed by atoms with Crippen LogP contribution in [0.1, 0.15) is 36.8 Å². The van der Waals surface area contributed by atoms with Crippen LogP contribution in [-0.2, 0) is 19.5 Å². The zero-order valence-electron chi connectivity index (χ0n) is 35.4. The van der Waals surface area contributed by atoms with E-state index >= 15 is 0 Å². The van der Waals surface area contributed by atoms with Gasteiger partial charge in [-0.2, -0.15) is 0 Å². The van der Waals surface area contributed by atoms with Crippen molar-refractivity contribution in [2.24, 2.45) is 14.1 Å². The summed E-state index contributed by atoms with van der Waals surface area (Å²) in [6.45, 7) is 0. The summed E-state index contributed by atoms with van der Waals surface area (Å²) < 4.78 is 4.47. The molecule has 1 saturated carbocycles. The van der Waals surface area contributed by atoms with Crippen LogP contribution in [0.3, 0.4) is 0 Å². The van der Waals surface area contributed by atoms with Gasteiger partial charge in [-0.25, -0.2) is 9.97 Å². The van der Waals surface area contributed by atoms with Gasteiger partial charge in [0.1, 0.15) is 11.6 Å². The van der Waals surface area contributed by atoms with Crippen LogP contribution in [0.25, 0.3) is 111 Å². The summed E-state index contributed by atoms with van der Waals surface area (Å²) in [6, 6.07) is 67.3. The molecule has 4 nitrogen and oxygen atoms in total. The Balaban J connectivity index is 1.09. The number of hydrogen-bond donors (Lipinski definition) is 0. The van der Waals surface area contributed by atoms with Crippen LogP contribution in [0, 0.1) is 0 Å². The minimum atomic E-state index is 0.0763. The molecule has 0 atom stereocenters. The topological polar surface area (TPSA) is 35.6 Å². The number of rotatable bonds is 5. The van der Waals surface area contributed by atoms with Crippen LogP contribution in [0.5, 0.6) is 0 Å². The predicted octanol–water partition coefficient (Wildman–Crippen LogP) is 14.9. The van der Waals surface area contributed by atoms with Gasteiger partial charge in [-0.3, -0.25) is 0 Å². The van der Waals surface area contributed by atoms with Crippen molar-refractivity contribution in [3.05, 3.63) is 193 Å². The number of fused-ring (bicyclic) bond motifs is 9. The highest BCUT2D eigenvalue weighted by atomic mass is 15.1. The number of aryl methyl sites for hydroxylation is 2. The molecule has 2 aromatic heterocycles. The molecule has 9 aromatic carbocycles. The zero-order valence-corrected chi connectivity index (χ0v) is 35.4. The lowest BCUT2D eigenvalue weighted by atomic mass is 9.76. The second-order valence-electron chi connectivity index (χ2n) is 17.7. The van der Waals surface area contributed by atoms with Crippen molar-refractivity contribution in [1.29, 1.82) is 0 Å². The molecule has 2 aliphatic carbocycles. The average molecular weight is 809 g/mol. The molecule has 11 aromatic rings. The summed E-state index contributed by atoms with van der Waals surface area (Å²) in [5.74, 6) is 1.94. The lowest BCUT2D eigenvalue weighted by molar-refractivity contribution is 0.550. The maximum absolute atomic E-state index is 5.10. The van der Waals surface area contributed by atoms with Crippen molar-refractivity contribution in [3.8, 4) is 67.3 Å². The molecule has 0 N–H and O–H groups in total. The van der Waals surface area contributed by atoms with Crippen molar-refractivity contribution in [3.63, 3.8) is 0 Å². The Labute approximate surface area is 366 Å². The summed E-state index contributed by atoms with van der Waals surface area (Å²) in [6.07, 6.45) is 4.94. The van der Waals surface area contributed by atoms with Gasteiger partial charge in [0, 0.05) is 30.6 Å². The first-order valence-electron chi connectivity index (χ1n) is 22.3. The highest BCUT2D eigenvalue weighted by molar-refractivity contribution is 6.21.